The van der Waals surface area contributed by atoms with Crippen LogP contribution in [-0.2, 0) is 19.9 Å². The number of aliphatic carboxylic acids is 1. The predicted octanol–water partition coefficient (Wildman–Crippen LogP) is -3.71. The van der Waals surface area contributed by atoms with Crippen LogP contribution < -0.4 is 49.7 Å². The number of rotatable bonds is 7. The first kappa shape index (κ1) is 23.5. The zero-order valence-corrected chi connectivity index (χ0v) is 18.7. The van der Waals surface area contributed by atoms with Gasteiger partial charge in [-0.1, -0.05) is 0 Å². The van der Waals surface area contributed by atoms with Gasteiger partial charge in [0.25, 0.3) is 5.56 Å². The fourth-order valence-electron chi connectivity index (χ4n) is 2.92. The third-order valence-electron chi connectivity index (χ3n) is 4.21. The molecule has 0 spiro atoms. The van der Waals surface area contributed by atoms with Gasteiger partial charge in [-0.05, 0) is 12.1 Å². The Bertz CT molecular complexity index is 1020. The van der Waals surface area contributed by atoms with Crippen LogP contribution in [0.4, 0.5) is 0 Å². The summed E-state index contributed by atoms with van der Waals surface area (Å²) in [6.07, 6.45) is 5.55. The van der Waals surface area contributed by atoms with Crippen molar-refractivity contribution in [3.63, 3.8) is 0 Å². The van der Waals surface area contributed by atoms with Gasteiger partial charge in [0, 0.05) is 25.6 Å². The Morgan fingerprint density at radius 2 is 1.90 bits per heavy atom. The van der Waals surface area contributed by atoms with Gasteiger partial charge in [-0.3, -0.25) is 4.79 Å². The summed E-state index contributed by atoms with van der Waals surface area (Å²) in [6, 6.07) is 2.58. The van der Waals surface area contributed by atoms with Crippen molar-refractivity contribution in [3.05, 3.63) is 64.4 Å². The monoisotopic (exact) mass is 424 g/mol. The second kappa shape index (κ2) is 9.85. The van der Waals surface area contributed by atoms with Crippen LogP contribution in [0.3, 0.4) is 0 Å². The summed E-state index contributed by atoms with van der Waals surface area (Å²) >= 11 is 0. The van der Waals surface area contributed by atoms with Gasteiger partial charge < -0.3 is 33.8 Å². The number of carbonyl (C=O) groups is 1. The van der Waals surface area contributed by atoms with Crippen molar-refractivity contribution in [2.75, 3.05) is 21.3 Å². The molecule has 2 unspecified atom stereocenters. The first-order valence-electron chi connectivity index (χ1n) is 8.28. The molecule has 12 heteroatoms. The first-order valence-corrected chi connectivity index (χ1v) is 8.28. The van der Waals surface area contributed by atoms with E-state index >= 15 is 0 Å². The maximum absolute atomic E-state index is 12.2. The van der Waals surface area contributed by atoms with Crippen LogP contribution >= 0.6 is 0 Å². The van der Waals surface area contributed by atoms with Crippen LogP contribution in [0.15, 0.2) is 53.0 Å². The van der Waals surface area contributed by atoms with Gasteiger partial charge in [-0.15, -0.1) is 0 Å². The summed E-state index contributed by atoms with van der Waals surface area (Å²) in [5.74, 6) is -3.23. The number of aromatic nitrogens is 4. The second-order valence-electron chi connectivity index (χ2n) is 5.82. The van der Waals surface area contributed by atoms with Gasteiger partial charge in [0.15, 0.2) is 11.4 Å². The van der Waals surface area contributed by atoms with Gasteiger partial charge >= 0.3 is 35.6 Å². The Morgan fingerprint density at radius 3 is 2.47 bits per heavy atom. The fraction of sp³-hybridized carbons (Fsp3) is 0.278. The third-order valence-corrected chi connectivity index (χ3v) is 4.21. The Morgan fingerprint density at radius 1 is 1.20 bits per heavy atom. The molecule has 0 aromatic carbocycles. The van der Waals surface area contributed by atoms with E-state index in [1.54, 1.807) is 6.07 Å². The molecule has 0 saturated heterocycles. The third kappa shape index (κ3) is 4.54. The predicted molar refractivity (Wildman–Crippen MR) is 94.4 cm³/mol. The summed E-state index contributed by atoms with van der Waals surface area (Å²) in [6.45, 7) is 0. The van der Waals surface area contributed by atoms with E-state index in [2.05, 4.69) is 19.9 Å². The van der Waals surface area contributed by atoms with Gasteiger partial charge in [-0.2, -0.15) is 4.98 Å². The molecule has 2 aromatic heterocycles. The van der Waals surface area contributed by atoms with Crippen molar-refractivity contribution >= 4 is 5.97 Å². The standard InChI is InChI=1S/C18H18N4O7.Na/c1-26-10-7-11(29-17-19-5-4-6-20-17)14(15(24)25)18(9-10,28-3)16-21-12(23)8-13(22-16)27-2;/h4-9,14H,1-3H3,(H,24,25)(H,21,22,23);/q;+1/p-1. The zero-order chi connectivity index (χ0) is 21.0. The number of H-pyrrole nitrogens is 1. The van der Waals surface area contributed by atoms with E-state index in [9.17, 15) is 14.7 Å². The molecule has 0 aliphatic heterocycles. The molecule has 3 rings (SSSR count). The topological polar surface area (TPSA) is 149 Å². The number of nitrogens with zero attached hydrogens (tertiary/aromatic N) is 3. The molecule has 11 nitrogen and oxygen atoms in total. The molecule has 2 heterocycles. The van der Waals surface area contributed by atoms with E-state index in [4.69, 9.17) is 18.9 Å². The molecule has 1 aliphatic rings. The molecule has 152 valence electrons. The molecular formula is C18H17N4NaO7. The molecule has 0 fully saturated rings. The van der Waals surface area contributed by atoms with Crippen molar-refractivity contribution in [2.45, 2.75) is 5.60 Å². The zero-order valence-electron chi connectivity index (χ0n) is 16.7. The molecule has 1 N–H and O–H groups in total. The van der Waals surface area contributed by atoms with Gasteiger partial charge in [0.1, 0.15) is 11.5 Å². The van der Waals surface area contributed by atoms with Crippen LogP contribution in [0.5, 0.6) is 11.9 Å². The number of aromatic amines is 1. The molecule has 0 amide bonds. The maximum atomic E-state index is 12.2. The Balaban J connectivity index is 0.00000320. The van der Waals surface area contributed by atoms with Crippen molar-refractivity contribution in [1.82, 2.24) is 19.9 Å². The van der Waals surface area contributed by atoms with Crippen LogP contribution in [-0.4, -0.2) is 47.2 Å². The number of hydrogen-bond acceptors (Lipinski definition) is 10. The van der Waals surface area contributed by atoms with Gasteiger partial charge in [0.2, 0.25) is 5.88 Å². The van der Waals surface area contributed by atoms with E-state index in [1.807, 2.05) is 0 Å². The minimum Gasteiger partial charge on any atom is -0.549 e. The summed E-state index contributed by atoms with van der Waals surface area (Å²) in [5, 5.41) is 12.2. The SMILES string of the molecule is COC1=CC(OC)(c2nc(OC)cc(=O)[nH]2)C(C(=O)[O-])C(Oc2ncccn2)=C1.[Na+]. The normalized spacial score (nSPS) is 20.3. The molecule has 0 bridgehead atoms. The number of carboxylic acid groups (broad SMARTS) is 1. The Labute approximate surface area is 193 Å². The van der Waals surface area contributed by atoms with E-state index in [1.165, 1.54) is 45.9 Å². The first-order chi connectivity index (χ1) is 13.9. The number of methoxy groups -OCH3 is 3. The largest absolute Gasteiger partial charge is 1.00 e. The van der Waals surface area contributed by atoms with Crippen LogP contribution in [0.2, 0.25) is 0 Å². The molecular weight excluding hydrogens is 407 g/mol. The van der Waals surface area contributed by atoms with Crippen molar-refractivity contribution < 1.29 is 58.4 Å². The summed E-state index contributed by atoms with van der Waals surface area (Å²) < 4.78 is 21.5. The minimum absolute atomic E-state index is 0. The van der Waals surface area contributed by atoms with Crippen LogP contribution in [0.25, 0.3) is 0 Å². The van der Waals surface area contributed by atoms with E-state index in [0.29, 0.717) is 0 Å². The summed E-state index contributed by atoms with van der Waals surface area (Å²) in [4.78, 5) is 38.7. The average molecular weight is 424 g/mol. The molecule has 2 aromatic rings. The molecule has 30 heavy (non-hydrogen) atoms. The molecule has 2 atom stereocenters. The molecule has 0 saturated carbocycles. The van der Waals surface area contributed by atoms with Crippen LogP contribution in [0, 0.1) is 5.92 Å². The summed E-state index contributed by atoms with van der Waals surface area (Å²) in [5.41, 5.74) is -2.41. The number of nitrogens with one attached hydrogen (secondary N) is 1. The van der Waals surface area contributed by atoms with E-state index in [-0.39, 0.29) is 58.8 Å². The Hall–Kier alpha value is -2.73. The molecule has 0 radical (unpaired) electrons. The van der Waals surface area contributed by atoms with Gasteiger partial charge in [0.05, 0.1) is 32.2 Å². The summed E-state index contributed by atoms with van der Waals surface area (Å²) in [7, 11) is 3.95. The number of hydrogen-bond donors (Lipinski definition) is 1. The number of carboxylic acids is 1. The fourth-order valence-corrected chi connectivity index (χ4v) is 2.92. The number of allylic oxidation sites excluding steroid dienone is 1. The average Bonchev–Trinajstić information content (AvgIpc) is 2.72. The second-order valence-corrected chi connectivity index (χ2v) is 5.82. The van der Waals surface area contributed by atoms with E-state index in [0.717, 1.165) is 6.07 Å². The van der Waals surface area contributed by atoms with Crippen molar-refractivity contribution in [2.24, 2.45) is 5.92 Å². The Kier molecular flexibility index (Phi) is 7.73. The quantitative estimate of drug-likeness (QED) is 0.440. The van der Waals surface area contributed by atoms with E-state index < -0.39 is 23.0 Å². The van der Waals surface area contributed by atoms with Gasteiger partial charge in [-0.25, -0.2) is 9.97 Å². The van der Waals surface area contributed by atoms with Crippen molar-refractivity contribution in [3.8, 4) is 11.9 Å². The number of carbonyl (C=O) groups excluding carboxylic acids is 1. The molecule has 1 aliphatic carbocycles. The number of ether oxygens (including phenoxy) is 4. The maximum Gasteiger partial charge on any atom is 1.00 e. The minimum atomic E-state index is -1.84. The smallest absolute Gasteiger partial charge is 0.549 e. The van der Waals surface area contributed by atoms with Crippen LogP contribution in [0.1, 0.15) is 5.82 Å². The van der Waals surface area contributed by atoms with Crippen molar-refractivity contribution in [1.29, 1.82) is 0 Å².